The van der Waals surface area contributed by atoms with Crippen molar-refractivity contribution < 1.29 is 0 Å². The highest BCUT2D eigenvalue weighted by molar-refractivity contribution is 7.99. The Morgan fingerprint density at radius 2 is 2.43 bits per heavy atom. The van der Waals surface area contributed by atoms with E-state index in [9.17, 15) is 0 Å². The molecule has 2 heterocycles. The number of hydrogen-bond donors (Lipinski definition) is 1. The fourth-order valence-electron chi connectivity index (χ4n) is 2.52. The van der Waals surface area contributed by atoms with Crippen molar-refractivity contribution in [1.29, 1.82) is 0 Å². The average molecular weight is 214 g/mol. The van der Waals surface area contributed by atoms with Crippen molar-refractivity contribution in [2.45, 2.75) is 32.2 Å². The van der Waals surface area contributed by atoms with Gasteiger partial charge in [-0.25, -0.2) is 0 Å². The zero-order valence-electron chi connectivity index (χ0n) is 9.17. The van der Waals surface area contributed by atoms with Gasteiger partial charge in [0.15, 0.2) is 0 Å². The molecule has 1 N–H and O–H groups in total. The van der Waals surface area contributed by atoms with E-state index in [1.54, 1.807) is 0 Å². The molecule has 2 aliphatic heterocycles. The van der Waals surface area contributed by atoms with Gasteiger partial charge in [-0.2, -0.15) is 0 Å². The molecule has 0 aromatic rings. The molecule has 0 saturated carbocycles. The second-order valence-corrected chi connectivity index (χ2v) is 5.62. The van der Waals surface area contributed by atoms with Crippen LogP contribution in [0.2, 0.25) is 0 Å². The number of nitrogens with zero attached hydrogens (tertiary/aromatic N) is 1. The number of nitrogens with one attached hydrogen (secondary N) is 1. The summed E-state index contributed by atoms with van der Waals surface area (Å²) in [6.45, 7) is 6.29. The minimum absolute atomic E-state index is 0.760. The molecule has 2 fully saturated rings. The molecule has 2 unspecified atom stereocenters. The van der Waals surface area contributed by atoms with E-state index < -0.39 is 0 Å². The fraction of sp³-hybridized carbons (Fsp3) is 1.00. The third kappa shape index (κ3) is 2.88. The number of rotatable bonds is 3. The van der Waals surface area contributed by atoms with Crippen molar-refractivity contribution in [2.24, 2.45) is 5.92 Å². The van der Waals surface area contributed by atoms with Gasteiger partial charge in [0.25, 0.3) is 0 Å². The molecule has 3 heteroatoms. The summed E-state index contributed by atoms with van der Waals surface area (Å²) in [5, 5.41) is 3.56. The Balaban J connectivity index is 1.73. The largest absolute Gasteiger partial charge is 0.303 e. The van der Waals surface area contributed by atoms with Gasteiger partial charge in [-0.15, -0.1) is 11.8 Å². The van der Waals surface area contributed by atoms with E-state index in [4.69, 9.17) is 0 Å². The molecule has 2 saturated heterocycles. The van der Waals surface area contributed by atoms with Gasteiger partial charge in [-0.05, 0) is 25.3 Å². The van der Waals surface area contributed by atoms with Gasteiger partial charge in [0, 0.05) is 30.8 Å². The lowest BCUT2D eigenvalue weighted by molar-refractivity contribution is 0.162. The van der Waals surface area contributed by atoms with Gasteiger partial charge in [-0.3, -0.25) is 0 Å². The maximum Gasteiger partial charge on any atom is 0.0421 e. The second kappa shape index (κ2) is 5.38. The van der Waals surface area contributed by atoms with Crippen molar-refractivity contribution in [3.63, 3.8) is 0 Å². The van der Waals surface area contributed by atoms with Gasteiger partial charge in [-0.1, -0.05) is 13.3 Å². The minimum Gasteiger partial charge on any atom is -0.303 e. The highest BCUT2D eigenvalue weighted by Gasteiger charge is 2.22. The summed E-state index contributed by atoms with van der Waals surface area (Å²) >= 11 is 2.04. The Morgan fingerprint density at radius 1 is 1.50 bits per heavy atom. The summed E-state index contributed by atoms with van der Waals surface area (Å²) < 4.78 is 0. The first-order chi connectivity index (χ1) is 6.88. The van der Waals surface area contributed by atoms with Crippen LogP contribution < -0.4 is 5.32 Å². The maximum atomic E-state index is 3.56. The van der Waals surface area contributed by atoms with E-state index in [0.717, 1.165) is 17.8 Å². The number of piperidine rings is 1. The summed E-state index contributed by atoms with van der Waals surface area (Å²) in [7, 11) is 0. The standard InChI is InChI=1S/C11H22N2S/c1-2-10-4-3-5-13(6-10)7-11-8-14-9-12-11/h10-12H,2-9H2,1H3. The normalized spacial score (nSPS) is 34.9. The van der Waals surface area contributed by atoms with Crippen LogP contribution in [0.3, 0.4) is 0 Å². The predicted octanol–water partition coefficient (Wildman–Crippen LogP) is 1.77. The van der Waals surface area contributed by atoms with Crippen LogP contribution in [-0.4, -0.2) is 42.2 Å². The average Bonchev–Trinajstić information content (AvgIpc) is 2.71. The van der Waals surface area contributed by atoms with Crippen molar-refractivity contribution in [3.05, 3.63) is 0 Å². The molecular formula is C11H22N2S. The van der Waals surface area contributed by atoms with Crippen LogP contribution >= 0.6 is 11.8 Å². The molecule has 82 valence electrons. The Hall–Kier alpha value is 0.270. The zero-order chi connectivity index (χ0) is 9.80. The van der Waals surface area contributed by atoms with Gasteiger partial charge in [0.2, 0.25) is 0 Å². The number of hydrogen-bond acceptors (Lipinski definition) is 3. The predicted molar refractivity (Wildman–Crippen MR) is 63.7 cm³/mol. The molecule has 0 amide bonds. The zero-order valence-corrected chi connectivity index (χ0v) is 9.98. The Labute approximate surface area is 91.8 Å². The van der Waals surface area contributed by atoms with Crippen molar-refractivity contribution in [2.75, 3.05) is 31.3 Å². The van der Waals surface area contributed by atoms with Crippen LogP contribution in [0.15, 0.2) is 0 Å². The lowest BCUT2D eigenvalue weighted by Crippen LogP contribution is -2.43. The SMILES string of the molecule is CCC1CCCN(CC2CSCN2)C1. The Kier molecular flexibility index (Phi) is 4.14. The molecule has 2 atom stereocenters. The molecule has 0 spiro atoms. The molecule has 0 bridgehead atoms. The van der Waals surface area contributed by atoms with Crippen LogP contribution in [0.4, 0.5) is 0 Å². The molecule has 2 nitrogen and oxygen atoms in total. The van der Waals surface area contributed by atoms with Crippen LogP contribution in [0, 0.1) is 5.92 Å². The Bertz CT molecular complexity index is 169. The molecule has 2 aliphatic rings. The monoisotopic (exact) mass is 214 g/mol. The number of thioether (sulfide) groups is 1. The lowest BCUT2D eigenvalue weighted by atomic mass is 9.95. The molecule has 14 heavy (non-hydrogen) atoms. The first kappa shape index (κ1) is 10.8. The maximum absolute atomic E-state index is 3.56. The molecule has 0 radical (unpaired) electrons. The van der Waals surface area contributed by atoms with E-state index in [-0.39, 0.29) is 0 Å². The quantitative estimate of drug-likeness (QED) is 0.771. The summed E-state index contributed by atoms with van der Waals surface area (Å²) in [6, 6.07) is 0.760. The lowest BCUT2D eigenvalue weighted by Gasteiger charge is -2.33. The molecule has 0 aromatic heterocycles. The van der Waals surface area contributed by atoms with Gasteiger partial charge in [0.05, 0.1) is 0 Å². The highest BCUT2D eigenvalue weighted by Crippen LogP contribution is 2.20. The minimum atomic E-state index is 0.760. The van der Waals surface area contributed by atoms with E-state index >= 15 is 0 Å². The molecule has 0 aliphatic carbocycles. The summed E-state index contributed by atoms with van der Waals surface area (Å²) in [5.41, 5.74) is 0. The summed E-state index contributed by atoms with van der Waals surface area (Å²) in [4.78, 5) is 2.67. The van der Waals surface area contributed by atoms with Gasteiger partial charge >= 0.3 is 0 Å². The second-order valence-electron chi connectivity index (χ2n) is 4.59. The van der Waals surface area contributed by atoms with Crippen LogP contribution in [0.1, 0.15) is 26.2 Å². The van der Waals surface area contributed by atoms with Gasteiger partial charge in [0.1, 0.15) is 0 Å². The molecular weight excluding hydrogens is 192 g/mol. The van der Waals surface area contributed by atoms with Gasteiger partial charge < -0.3 is 10.2 Å². The van der Waals surface area contributed by atoms with E-state index in [1.807, 2.05) is 11.8 Å². The van der Waals surface area contributed by atoms with E-state index in [1.165, 1.54) is 44.6 Å². The number of likely N-dealkylation sites (tertiary alicyclic amines) is 1. The summed E-state index contributed by atoms with van der Waals surface area (Å²) in [5.74, 6) is 3.45. The van der Waals surface area contributed by atoms with E-state index in [2.05, 4.69) is 17.1 Å². The van der Waals surface area contributed by atoms with Crippen molar-refractivity contribution in [1.82, 2.24) is 10.2 Å². The first-order valence-electron chi connectivity index (χ1n) is 5.92. The molecule has 2 rings (SSSR count). The van der Waals surface area contributed by atoms with Crippen molar-refractivity contribution >= 4 is 11.8 Å². The van der Waals surface area contributed by atoms with Crippen LogP contribution in [0.25, 0.3) is 0 Å². The highest BCUT2D eigenvalue weighted by atomic mass is 32.2. The first-order valence-corrected chi connectivity index (χ1v) is 7.07. The fourth-order valence-corrected chi connectivity index (χ4v) is 3.50. The third-order valence-corrected chi connectivity index (χ3v) is 4.46. The summed E-state index contributed by atoms with van der Waals surface area (Å²) in [6.07, 6.45) is 4.24. The Morgan fingerprint density at radius 3 is 3.14 bits per heavy atom. The smallest absolute Gasteiger partial charge is 0.0421 e. The van der Waals surface area contributed by atoms with E-state index in [0.29, 0.717) is 0 Å². The third-order valence-electron chi connectivity index (χ3n) is 3.45. The topological polar surface area (TPSA) is 15.3 Å². The van der Waals surface area contributed by atoms with Crippen molar-refractivity contribution in [3.8, 4) is 0 Å². The molecule has 0 aromatic carbocycles. The van der Waals surface area contributed by atoms with Crippen LogP contribution in [0.5, 0.6) is 0 Å². The van der Waals surface area contributed by atoms with Crippen LogP contribution in [-0.2, 0) is 0 Å².